The van der Waals surface area contributed by atoms with E-state index in [1.54, 1.807) is 0 Å². The monoisotopic (exact) mass is 247 g/mol. The van der Waals surface area contributed by atoms with Crippen molar-refractivity contribution in [1.82, 2.24) is 5.32 Å². The van der Waals surface area contributed by atoms with Crippen molar-refractivity contribution >= 4 is 0 Å². The summed E-state index contributed by atoms with van der Waals surface area (Å²) in [6.07, 6.45) is 4.00. The molecule has 0 amide bonds. The Hall–Kier alpha value is -1.06. The lowest BCUT2D eigenvalue weighted by Gasteiger charge is -2.29. The average molecular weight is 247 g/mol. The fourth-order valence-electron chi connectivity index (χ4n) is 2.66. The lowest BCUT2D eigenvalue weighted by atomic mass is 9.92. The highest BCUT2D eigenvalue weighted by molar-refractivity contribution is 5.34. The van der Waals surface area contributed by atoms with E-state index >= 15 is 0 Å². The van der Waals surface area contributed by atoms with Crippen LogP contribution < -0.4 is 10.1 Å². The maximum absolute atomic E-state index is 5.98. The second-order valence-electron chi connectivity index (χ2n) is 5.30. The van der Waals surface area contributed by atoms with Crippen LogP contribution in [0.15, 0.2) is 24.3 Å². The average Bonchev–Trinajstić information content (AvgIpc) is 2.37. The first kappa shape index (κ1) is 12.0. The van der Waals surface area contributed by atoms with Crippen LogP contribution in [0.1, 0.15) is 18.4 Å². The minimum Gasteiger partial charge on any atom is -0.485 e. The molecule has 18 heavy (non-hydrogen) atoms. The highest BCUT2D eigenvalue weighted by Crippen LogP contribution is 2.26. The molecule has 0 aliphatic carbocycles. The zero-order valence-corrected chi connectivity index (χ0v) is 10.7. The predicted molar refractivity (Wildman–Crippen MR) is 71.0 cm³/mol. The molecule has 1 aromatic carbocycles. The standard InChI is InChI=1S/C15H21NO2/c1-2-6-15(18-14-10-17-11-14)13(5-1)8-12-4-3-7-16-9-12/h1-2,5-6,12,14,16H,3-4,7-11H2. The van der Waals surface area contributed by atoms with E-state index in [0.717, 1.165) is 37.8 Å². The number of nitrogens with one attached hydrogen (secondary N) is 1. The second kappa shape index (κ2) is 5.72. The highest BCUT2D eigenvalue weighted by Gasteiger charge is 2.22. The van der Waals surface area contributed by atoms with E-state index in [1.807, 2.05) is 0 Å². The molecule has 0 aromatic heterocycles. The first-order chi connectivity index (χ1) is 8.92. The zero-order chi connectivity index (χ0) is 12.2. The predicted octanol–water partition coefficient (Wildman–Crippen LogP) is 2.01. The second-order valence-corrected chi connectivity index (χ2v) is 5.30. The van der Waals surface area contributed by atoms with E-state index in [1.165, 1.54) is 24.9 Å². The molecular formula is C15H21NO2. The molecule has 3 rings (SSSR count). The van der Waals surface area contributed by atoms with Gasteiger partial charge in [0.25, 0.3) is 0 Å². The Morgan fingerprint density at radius 1 is 1.28 bits per heavy atom. The van der Waals surface area contributed by atoms with E-state index in [2.05, 4.69) is 29.6 Å². The van der Waals surface area contributed by atoms with Gasteiger partial charge in [-0.25, -0.2) is 0 Å². The summed E-state index contributed by atoms with van der Waals surface area (Å²) in [7, 11) is 0. The normalized spacial score (nSPS) is 24.6. The first-order valence-electron chi connectivity index (χ1n) is 6.95. The van der Waals surface area contributed by atoms with E-state index in [0.29, 0.717) is 0 Å². The van der Waals surface area contributed by atoms with Crippen molar-refractivity contribution in [3.8, 4) is 5.75 Å². The van der Waals surface area contributed by atoms with Crippen molar-refractivity contribution in [3.05, 3.63) is 29.8 Å². The third-order valence-corrected chi connectivity index (χ3v) is 3.78. The molecule has 2 fully saturated rings. The number of ether oxygens (including phenoxy) is 2. The van der Waals surface area contributed by atoms with Crippen molar-refractivity contribution in [3.63, 3.8) is 0 Å². The van der Waals surface area contributed by atoms with Crippen molar-refractivity contribution in [2.45, 2.75) is 25.4 Å². The Bertz CT molecular complexity index is 384. The van der Waals surface area contributed by atoms with Crippen LogP contribution in [-0.2, 0) is 11.2 Å². The molecule has 0 saturated carbocycles. The molecule has 1 unspecified atom stereocenters. The Morgan fingerprint density at radius 2 is 2.17 bits per heavy atom. The first-order valence-corrected chi connectivity index (χ1v) is 6.95. The molecule has 2 aliphatic heterocycles. The molecule has 2 aliphatic rings. The zero-order valence-electron chi connectivity index (χ0n) is 10.7. The van der Waals surface area contributed by atoms with Gasteiger partial charge in [0.15, 0.2) is 0 Å². The Labute approximate surface area is 108 Å². The Kier molecular flexibility index (Phi) is 3.81. The summed E-state index contributed by atoms with van der Waals surface area (Å²) in [5, 5.41) is 3.48. The van der Waals surface area contributed by atoms with E-state index in [9.17, 15) is 0 Å². The van der Waals surface area contributed by atoms with Gasteiger partial charge >= 0.3 is 0 Å². The maximum Gasteiger partial charge on any atom is 0.145 e. The van der Waals surface area contributed by atoms with Crippen molar-refractivity contribution < 1.29 is 9.47 Å². The molecule has 3 heteroatoms. The van der Waals surface area contributed by atoms with Crippen molar-refractivity contribution in [2.24, 2.45) is 5.92 Å². The Balaban J connectivity index is 1.65. The summed E-state index contributed by atoms with van der Waals surface area (Å²) in [5.41, 5.74) is 1.35. The minimum atomic E-state index is 0.260. The molecule has 2 saturated heterocycles. The van der Waals surface area contributed by atoms with Crippen LogP contribution in [0.5, 0.6) is 5.75 Å². The molecule has 0 radical (unpaired) electrons. The third-order valence-electron chi connectivity index (χ3n) is 3.78. The van der Waals surface area contributed by atoms with Crippen LogP contribution in [0, 0.1) is 5.92 Å². The molecule has 1 aromatic rings. The number of hydrogen-bond acceptors (Lipinski definition) is 3. The third kappa shape index (κ3) is 2.85. The van der Waals surface area contributed by atoms with Gasteiger partial charge in [-0.15, -0.1) is 0 Å². The molecule has 2 heterocycles. The van der Waals surface area contributed by atoms with Crippen LogP contribution in [0.3, 0.4) is 0 Å². The topological polar surface area (TPSA) is 30.5 Å². The smallest absolute Gasteiger partial charge is 0.145 e. The molecule has 1 N–H and O–H groups in total. The molecule has 0 spiro atoms. The Morgan fingerprint density at radius 3 is 2.89 bits per heavy atom. The van der Waals surface area contributed by atoms with Crippen LogP contribution in [0.2, 0.25) is 0 Å². The van der Waals surface area contributed by atoms with Crippen LogP contribution in [0.25, 0.3) is 0 Å². The number of piperidine rings is 1. The van der Waals surface area contributed by atoms with Gasteiger partial charge in [-0.2, -0.15) is 0 Å². The van der Waals surface area contributed by atoms with E-state index in [4.69, 9.17) is 9.47 Å². The molecule has 1 atom stereocenters. The summed E-state index contributed by atoms with van der Waals surface area (Å²) in [4.78, 5) is 0. The van der Waals surface area contributed by atoms with Gasteiger partial charge in [-0.05, 0) is 49.9 Å². The minimum absolute atomic E-state index is 0.260. The van der Waals surface area contributed by atoms with Gasteiger partial charge in [0.1, 0.15) is 11.9 Å². The maximum atomic E-state index is 5.98. The summed E-state index contributed by atoms with van der Waals surface area (Å²) < 4.78 is 11.1. The summed E-state index contributed by atoms with van der Waals surface area (Å²) >= 11 is 0. The van der Waals surface area contributed by atoms with Crippen LogP contribution in [0.4, 0.5) is 0 Å². The number of benzene rings is 1. The highest BCUT2D eigenvalue weighted by atomic mass is 16.6. The van der Waals surface area contributed by atoms with Gasteiger partial charge in [0, 0.05) is 0 Å². The number of para-hydroxylation sites is 1. The number of rotatable bonds is 4. The number of hydrogen-bond donors (Lipinski definition) is 1. The van der Waals surface area contributed by atoms with Gasteiger partial charge in [-0.3, -0.25) is 0 Å². The lowest BCUT2D eigenvalue weighted by molar-refractivity contribution is -0.0800. The fraction of sp³-hybridized carbons (Fsp3) is 0.600. The molecule has 3 nitrogen and oxygen atoms in total. The van der Waals surface area contributed by atoms with Crippen molar-refractivity contribution in [1.29, 1.82) is 0 Å². The van der Waals surface area contributed by atoms with Crippen LogP contribution >= 0.6 is 0 Å². The molecular weight excluding hydrogens is 226 g/mol. The fourth-order valence-corrected chi connectivity index (χ4v) is 2.66. The van der Waals surface area contributed by atoms with Crippen molar-refractivity contribution in [2.75, 3.05) is 26.3 Å². The molecule has 98 valence electrons. The van der Waals surface area contributed by atoms with E-state index in [-0.39, 0.29) is 6.10 Å². The van der Waals surface area contributed by atoms with Gasteiger partial charge in [0.05, 0.1) is 13.2 Å². The quantitative estimate of drug-likeness (QED) is 0.883. The van der Waals surface area contributed by atoms with Crippen LogP contribution in [-0.4, -0.2) is 32.4 Å². The molecule has 0 bridgehead atoms. The van der Waals surface area contributed by atoms with Gasteiger partial charge < -0.3 is 14.8 Å². The summed E-state index contributed by atoms with van der Waals surface area (Å²) in [5.74, 6) is 1.80. The van der Waals surface area contributed by atoms with Gasteiger partial charge in [-0.1, -0.05) is 18.2 Å². The summed E-state index contributed by atoms with van der Waals surface area (Å²) in [6, 6.07) is 8.45. The largest absolute Gasteiger partial charge is 0.485 e. The van der Waals surface area contributed by atoms with E-state index < -0.39 is 0 Å². The van der Waals surface area contributed by atoms with Gasteiger partial charge in [0.2, 0.25) is 0 Å². The summed E-state index contributed by atoms with van der Waals surface area (Å²) in [6.45, 7) is 3.79. The lowest BCUT2D eigenvalue weighted by Crippen LogP contribution is -2.38. The SMILES string of the molecule is c1ccc(OC2COC2)c(CC2CCCNC2)c1.